The lowest BCUT2D eigenvalue weighted by atomic mass is 10.2. The lowest BCUT2D eigenvalue weighted by Crippen LogP contribution is -1.97. The zero-order valence-corrected chi connectivity index (χ0v) is 11.8. The standard InChI is InChI=1S/C16H10F2O2S/c1-9-6-10(17)3-5-14(9)21-15-8-16(19)20-13-4-2-11(18)7-12(13)15/h2-8H,1H3. The molecule has 3 aromatic rings. The van der Waals surface area contributed by atoms with E-state index in [2.05, 4.69) is 0 Å². The first-order chi connectivity index (χ1) is 10.0. The molecule has 2 aromatic carbocycles. The van der Waals surface area contributed by atoms with Crippen LogP contribution in [0.1, 0.15) is 5.56 Å². The van der Waals surface area contributed by atoms with Gasteiger partial charge < -0.3 is 4.42 Å². The summed E-state index contributed by atoms with van der Waals surface area (Å²) >= 11 is 1.28. The summed E-state index contributed by atoms with van der Waals surface area (Å²) in [4.78, 5) is 13.0. The highest BCUT2D eigenvalue weighted by molar-refractivity contribution is 7.99. The van der Waals surface area contributed by atoms with E-state index in [1.54, 1.807) is 13.0 Å². The van der Waals surface area contributed by atoms with Gasteiger partial charge in [0, 0.05) is 21.2 Å². The molecular formula is C16H10F2O2S. The molecule has 3 rings (SSSR count). The van der Waals surface area contributed by atoms with Gasteiger partial charge in [0.25, 0.3) is 0 Å². The van der Waals surface area contributed by atoms with Crippen molar-refractivity contribution in [2.24, 2.45) is 0 Å². The number of aryl methyl sites for hydroxylation is 1. The predicted molar refractivity (Wildman–Crippen MR) is 77.7 cm³/mol. The first-order valence-electron chi connectivity index (χ1n) is 6.20. The third-order valence-corrected chi connectivity index (χ3v) is 4.26. The van der Waals surface area contributed by atoms with Crippen LogP contribution >= 0.6 is 11.8 Å². The number of hydrogen-bond donors (Lipinski definition) is 0. The second kappa shape index (κ2) is 5.33. The summed E-state index contributed by atoms with van der Waals surface area (Å²) in [5.74, 6) is -0.727. The van der Waals surface area contributed by atoms with Crippen LogP contribution in [-0.2, 0) is 0 Å². The van der Waals surface area contributed by atoms with Gasteiger partial charge in [-0.3, -0.25) is 0 Å². The van der Waals surface area contributed by atoms with Crippen LogP contribution in [0.2, 0.25) is 0 Å². The van der Waals surface area contributed by atoms with Crippen LogP contribution in [0.3, 0.4) is 0 Å². The molecule has 0 unspecified atom stereocenters. The monoisotopic (exact) mass is 304 g/mol. The number of halogens is 2. The van der Waals surface area contributed by atoms with Gasteiger partial charge in [-0.05, 0) is 48.9 Å². The molecule has 0 saturated carbocycles. The van der Waals surface area contributed by atoms with Crippen molar-refractivity contribution in [1.29, 1.82) is 0 Å². The summed E-state index contributed by atoms with van der Waals surface area (Å²) in [5, 5.41) is 0.517. The molecule has 1 heterocycles. The molecule has 0 atom stereocenters. The first kappa shape index (κ1) is 13.8. The molecule has 0 spiro atoms. The maximum Gasteiger partial charge on any atom is 0.337 e. The topological polar surface area (TPSA) is 30.2 Å². The van der Waals surface area contributed by atoms with Crippen LogP contribution in [0.25, 0.3) is 11.0 Å². The van der Waals surface area contributed by atoms with E-state index in [1.807, 2.05) is 0 Å². The Labute approximate surface area is 123 Å². The Morgan fingerprint density at radius 2 is 1.67 bits per heavy atom. The summed E-state index contributed by atoms with van der Waals surface area (Å²) in [6.45, 7) is 1.78. The molecule has 21 heavy (non-hydrogen) atoms. The maximum atomic E-state index is 13.4. The van der Waals surface area contributed by atoms with Gasteiger partial charge in [-0.1, -0.05) is 11.8 Å². The summed E-state index contributed by atoms with van der Waals surface area (Å²) in [6.07, 6.45) is 0. The Kier molecular flexibility index (Phi) is 3.51. The van der Waals surface area contributed by atoms with Crippen LogP contribution in [0.4, 0.5) is 8.78 Å². The molecule has 0 aliphatic rings. The van der Waals surface area contributed by atoms with Crippen molar-refractivity contribution in [2.45, 2.75) is 16.7 Å². The highest BCUT2D eigenvalue weighted by Gasteiger charge is 2.10. The summed E-state index contributed by atoms with van der Waals surface area (Å²) in [7, 11) is 0. The van der Waals surface area contributed by atoms with Gasteiger partial charge in [0.1, 0.15) is 17.2 Å². The van der Waals surface area contributed by atoms with E-state index in [0.29, 0.717) is 15.9 Å². The largest absolute Gasteiger partial charge is 0.423 e. The lowest BCUT2D eigenvalue weighted by Gasteiger charge is -2.08. The Bertz CT molecular complexity index is 887. The van der Waals surface area contributed by atoms with E-state index in [-0.39, 0.29) is 5.82 Å². The first-order valence-corrected chi connectivity index (χ1v) is 7.02. The van der Waals surface area contributed by atoms with Gasteiger partial charge in [-0.15, -0.1) is 0 Å². The molecule has 1 aromatic heterocycles. The van der Waals surface area contributed by atoms with Crippen molar-refractivity contribution in [3.8, 4) is 0 Å². The van der Waals surface area contributed by atoms with E-state index in [0.717, 1.165) is 10.5 Å². The van der Waals surface area contributed by atoms with Gasteiger partial charge in [0.15, 0.2) is 0 Å². The number of hydrogen-bond acceptors (Lipinski definition) is 3. The van der Waals surface area contributed by atoms with E-state index in [1.165, 1.54) is 48.2 Å². The SMILES string of the molecule is Cc1cc(F)ccc1Sc1cc(=O)oc2ccc(F)cc12. The molecule has 0 bridgehead atoms. The van der Waals surface area contributed by atoms with Crippen molar-refractivity contribution in [2.75, 3.05) is 0 Å². The van der Waals surface area contributed by atoms with Crippen LogP contribution in [0.15, 0.2) is 61.5 Å². The second-order valence-electron chi connectivity index (χ2n) is 4.58. The third kappa shape index (κ3) is 2.83. The maximum absolute atomic E-state index is 13.4. The number of fused-ring (bicyclic) bond motifs is 1. The Morgan fingerprint density at radius 3 is 2.43 bits per heavy atom. The smallest absolute Gasteiger partial charge is 0.337 e. The van der Waals surface area contributed by atoms with Crippen molar-refractivity contribution in [1.82, 2.24) is 0 Å². The Balaban J connectivity index is 2.15. The molecule has 0 aliphatic heterocycles. The van der Waals surface area contributed by atoms with E-state index in [4.69, 9.17) is 4.42 Å². The number of benzene rings is 2. The van der Waals surface area contributed by atoms with Gasteiger partial charge in [0.05, 0.1) is 0 Å². The average Bonchev–Trinajstić information content (AvgIpc) is 2.42. The van der Waals surface area contributed by atoms with Gasteiger partial charge in [0.2, 0.25) is 0 Å². The van der Waals surface area contributed by atoms with Gasteiger partial charge >= 0.3 is 5.63 Å². The van der Waals surface area contributed by atoms with Crippen molar-refractivity contribution < 1.29 is 13.2 Å². The molecule has 5 heteroatoms. The fourth-order valence-electron chi connectivity index (χ4n) is 2.04. The molecule has 0 saturated heterocycles. The Hall–Kier alpha value is -2.14. The summed E-state index contributed by atoms with van der Waals surface area (Å²) in [6, 6.07) is 9.69. The minimum atomic E-state index is -0.503. The second-order valence-corrected chi connectivity index (χ2v) is 5.67. The molecule has 106 valence electrons. The number of rotatable bonds is 2. The highest BCUT2D eigenvalue weighted by atomic mass is 32.2. The normalized spacial score (nSPS) is 11.0. The quantitative estimate of drug-likeness (QED) is 0.652. The minimum absolute atomic E-state index is 0.319. The van der Waals surface area contributed by atoms with E-state index in [9.17, 15) is 13.6 Å². The van der Waals surface area contributed by atoms with Crippen molar-refractivity contribution in [3.63, 3.8) is 0 Å². The van der Waals surface area contributed by atoms with Gasteiger partial charge in [-0.25, -0.2) is 13.6 Å². The minimum Gasteiger partial charge on any atom is -0.423 e. The van der Waals surface area contributed by atoms with Crippen LogP contribution in [0.5, 0.6) is 0 Å². The molecule has 0 radical (unpaired) electrons. The fraction of sp³-hybridized carbons (Fsp3) is 0.0625. The van der Waals surface area contributed by atoms with E-state index >= 15 is 0 Å². The molecule has 0 N–H and O–H groups in total. The highest BCUT2D eigenvalue weighted by Crippen LogP contribution is 2.34. The lowest BCUT2D eigenvalue weighted by molar-refractivity contribution is 0.555. The fourth-order valence-corrected chi connectivity index (χ4v) is 3.05. The van der Waals surface area contributed by atoms with Crippen molar-refractivity contribution in [3.05, 3.63) is 70.1 Å². The average molecular weight is 304 g/mol. The van der Waals surface area contributed by atoms with E-state index < -0.39 is 11.4 Å². The Morgan fingerprint density at radius 1 is 0.952 bits per heavy atom. The summed E-state index contributed by atoms with van der Waals surface area (Å²) < 4.78 is 31.6. The summed E-state index contributed by atoms with van der Waals surface area (Å²) in [5.41, 5.74) is 0.570. The van der Waals surface area contributed by atoms with Gasteiger partial charge in [-0.2, -0.15) is 0 Å². The zero-order chi connectivity index (χ0) is 15.0. The van der Waals surface area contributed by atoms with Crippen molar-refractivity contribution >= 4 is 22.7 Å². The molecular weight excluding hydrogens is 294 g/mol. The molecule has 0 aliphatic carbocycles. The molecule has 0 fully saturated rings. The van der Waals surface area contributed by atoms with Crippen LogP contribution in [0, 0.1) is 18.6 Å². The third-order valence-electron chi connectivity index (χ3n) is 3.02. The molecule has 0 amide bonds. The van der Waals surface area contributed by atoms with Crippen LogP contribution in [-0.4, -0.2) is 0 Å². The predicted octanol–water partition coefficient (Wildman–Crippen LogP) is 4.53. The molecule has 2 nitrogen and oxygen atoms in total. The van der Waals surface area contributed by atoms with Crippen LogP contribution < -0.4 is 5.63 Å². The zero-order valence-electron chi connectivity index (χ0n) is 11.0.